The zero-order valence-electron chi connectivity index (χ0n) is 7.88. The van der Waals surface area contributed by atoms with Crippen LogP contribution in [0.3, 0.4) is 0 Å². The molecule has 1 atom stereocenters. The summed E-state index contributed by atoms with van der Waals surface area (Å²) in [5.41, 5.74) is 5.59. The van der Waals surface area contributed by atoms with E-state index in [4.69, 9.17) is 5.73 Å². The van der Waals surface area contributed by atoms with Gasteiger partial charge in [0, 0.05) is 7.05 Å². The van der Waals surface area contributed by atoms with Crippen LogP contribution in [0.2, 0.25) is 0 Å². The van der Waals surface area contributed by atoms with Gasteiger partial charge in [0.2, 0.25) is 5.78 Å². The molecular weight excluding hydrogens is 168 g/mol. The topological polar surface area (TPSA) is 72.2 Å². The molecule has 13 heavy (non-hydrogen) atoms. The van der Waals surface area contributed by atoms with E-state index in [-0.39, 0.29) is 0 Å². The minimum atomic E-state index is -0.606. The van der Waals surface area contributed by atoms with Crippen molar-refractivity contribution in [3.63, 3.8) is 0 Å². The number of carbonyl (C=O) groups is 2. The van der Waals surface area contributed by atoms with E-state index in [0.29, 0.717) is 12.3 Å². The molecule has 1 aliphatic rings. The number of amides is 1. The molecule has 0 heterocycles. The Kier molecular flexibility index (Phi) is 3.42. The van der Waals surface area contributed by atoms with Gasteiger partial charge in [0.25, 0.3) is 5.91 Å². The SMILES string of the molecule is CNC(=O)C(=O)C(N)CC1CCC1. The smallest absolute Gasteiger partial charge is 0.288 e. The molecule has 1 saturated carbocycles. The zero-order chi connectivity index (χ0) is 9.84. The summed E-state index contributed by atoms with van der Waals surface area (Å²) in [5, 5.41) is 2.29. The third-order valence-corrected chi connectivity index (χ3v) is 2.60. The first kappa shape index (κ1) is 10.2. The Hall–Kier alpha value is -0.900. The monoisotopic (exact) mass is 184 g/mol. The van der Waals surface area contributed by atoms with Crippen LogP contribution in [0.4, 0.5) is 0 Å². The molecule has 0 bridgehead atoms. The fraction of sp³-hybridized carbons (Fsp3) is 0.778. The summed E-state index contributed by atoms with van der Waals surface area (Å²) in [4.78, 5) is 22.1. The summed E-state index contributed by atoms with van der Waals surface area (Å²) < 4.78 is 0. The second-order valence-electron chi connectivity index (χ2n) is 3.58. The van der Waals surface area contributed by atoms with Crippen molar-refractivity contribution in [1.29, 1.82) is 0 Å². The van der Waals surface area contributed by atoms with Gasteiger partial charge in [0.05, 0.1) is 6.04 Å². The number of carbonyl (C=O) groups excluding carboxylic acids is 2. The number of Topliss-reactive ketones (excluding diaryl/α,β-unsaturated/α-hetero) is 1. The van der Waals surface area contributed by atoms with Gasteiger partial charge in [-0.1, -0.05) is 19.3 Å². The second-order valence-corrected chi connectivity index (χ2v) is 3.58. The summed E-state index contributed by atoms with van der Waals surface area (Å²) >= 11 is 0. The second kappa shape index (κ2) is 4.37. The Morgan fingerprint density at radius 2 is 2.15 bits per heavy atom. The number of hydrogen-bond donors (Lipinski definition) is 2. The number of rotatable bonds is 4. The number of ketones is 1. The first-order valence-corrected chi connectivity index (χ1v) is 4.66. The van der Waals surface area contributed by atoms with Crippen LogP contribution in [0.15, 0.2) is 0 Å². The van der Waals surface area contributed by atoms with Crippen LogP contribution >= 0.6 is 0 Å². The van der Waals surface area contributed by atoms with E-state index < -0.39 is 17.7 Å². The molecule has 0 aromatic carbocycles. The Morgan fingerprint density at radius 3 is 2.54 bits per heavy atom. The lowest BCUT2D eigenvalue weighted by Crippen LogP contribution is -2.42. The van der Waals surface area contributed by atoms with Crippen molar-refractivity contribution in [2.75, 3.05) is 7.05 Å². The molecule has 4 nitrogen and oxygen atoms in total. The van der Waals surface area contributed by atoms with Gasteiger partial charge in [-0.2, -0.15) is 0 Å². The predicted octanol–water partition coefficient (Wildman–Crippen LogP) is -0.181. The fourth-order valence-corrected chi connectivity index (χ4v) is 1.49. The molecule has 0 radical (unpaired) electrons. The summed E-state index contributed by atoms with van der Waals surface area (Å²) in [6, 6.07) is -0.606. The maximum absolute atomic E-state index is 11.2. The van der Waals surface area contributed by atoms with Gasteiger partial charge >= 0.3 is 0 Å². The van der Waals surface area contributed by atoms with Gasteiger partial charge in [-0.3, -0.25) is 9.59 Å². The average Bonchev–Trinajstić information content (AvgIpc) is 2.08. The van der Waals surface area contributed by atoms with E-state index in [1.807, 2.05) is 0 Å². The maximum atomic E-state index is 11.2. The molecule has 1 fully saturated rings. The molecule has 1 amide bonds. The van der Waals surface area contributed by atoms with E-state index in [9.17, 15) is 9.59 Å². The highest BCUT2D eigenvalue weighted by atomic mass is 16.2. The highest BCUT2D eigenvalue weighted by Crippen LogP contribution is 2.30. The molecule has 1 unspecified atom stereocenters. The van der Waals surface area contributed by atoms with E-state index >= 15 is 0 Å². The van der Waals surface area contributed by atoms with Crippen LogP contribution in [0, 0.1) is 5.92 Å². The number of nitrogens with two attached hydrogens (primary N) is 1. The van der Waals surface area contributed by atoms with Crippen molar-refractivity contribution in [3.8, 4) is 0 Å². The van der Waals surface area contributed by atoms with Gasteiger partial charge in [-0.25, -0.2) is 0 Å². The first-order valence-electron chi connectivity index (χ1n) is 4.66. The quantitative estimate of drug-likeness (QED) is 0.595. The highest BCUT2D eigenvalue weighted by molar-refractivity contribution is 6.38. The number of hydrogen-bond acceptors (Lipinski definition) is 3. The molecule has 1 rings (SSSR count). The van der Waals surface area contributed by atoms with Crippen LogP contribution in [-0.2, 0) is 9.59 Å². The lowest BCUT2D eigenvalue weighted by molar-refractivity contribution is -0.138. The third kappa shape index (κ3) is 2.52. The number of likely N-dealkylation sites (N-methyl/N-ethyl adjacent to an activating group) is 1. The molecule has 0 aromatic heterocycles. The van der Waals surface area contributed by atoms with Crippen molar-refractivity contribution in [3.05, 3.63) is 0 Å². The van der Waals surface area contributed by atoms with Gasteiger partial charge in [-0.05, 0) is 12.3 Å². The average molecular weight is 184 g/mol. The standard InChI is InChI=1S/C9H16N2O2/c1-11-9(13)8(12)7(10)5-6-3-2-4-6/h6-7H,2-5,10H2,1H3,(H,11,13). The van der Waals surface area contributed by atoms with Gasteiger partial charge < -0.3 is 11.1 Å². The van der Waals surface area contributed by atoms with Gasteiger partial charge in [0.1, 0.15) is 0 Å². The van der Waals surface area contributed by atoms with Gasteiger partial charge in [-0.15, -0.1) is 0 Å². The molecule has 3 N–H and O–H groups in total. The van der Waals surface area contributed by atoms with E-state index in [1.165, 1.54) is 13.5 Å². The van der Waals surface area contributed by atoms with E-state index in [2.05, 4.69) is 5.32 Å². The fourth-order valence-electron chi connectivity index (χ4n) is 1.49. The summed E-state index contributed by atoms with van der Waals surface area (Å²) in [7, 11) is 1.44. The van der Waals surface area contributed by atoms with Crippen molar-refractivity contribution < 1.29 is 9.59 Å². The molecule has 0 aromatic rings. The lowest BCUT2D eigenvalue weighted by Gasteiger charge is -2.27. The number of nitrogens with one attached hydrogen (secondary N) is 1. The first-order chi connectivity index (χ1) is 6.15. The molecular formula is C9H16N2O2. The lowest BCUT2D eigenvalue weighted by atomic mass is 9.80. The predicted molar refractivity (Wildman–Crippen MR) is 49.0 cm³/mol. The molecule has 1 aliphatic carbocycles. The molecule has 74 valence electrons. The highest BCUT2D eigenvalue weighted by Gasteiger charge is 2.26. The van der Waals surface area contributed by atoms with Crippen molar-refractivity contribution in [2.24, 2.45) is 11.7 Å². The van der Waals surface area contributed by atoms with Crippen LogP contribution in [0.1, 0.15) is 25.7 Å². The van der Waals surface area contributed by atoms with Crippen LogP contribution in [-0.4, -0.2) is 24.8 Å². The maximum Gasteiger partial charge on any atom is 0.288 e. The third-order valence-electron chi connectivity index (χ3n) is 2.60. The van der Waals surface area contributed by atoms with Crippen molar-refractivity contribution in [1.82, 2.24) is 5.32 Å². The molecule has 4 heteroatoms. The summed E-state index contributed by atoms with van der Waals surface area (Å²) in [6.45, 7) is 0. The largest absolute Gasteiger partial charge is 0.353 e. The molecule has 0 spiro atoms. The summed E-state index contributed by atoms with van der Waals surface area (Å²) in [5.74, 6) is -0.509. The van der Waals surface area contributed by atoms with Crippen LogP contribution in [0.5, 0.6) is 0 Å². The minimum Gasteiger partial charge on any atom is -0.353 e. The van der Waals surface area contributed by atoms with E-state index in [1.54, 1.807) is 0 Å². The van der Waals surface area contributed by atoms with Crippen molar-refractivity contribution in [2.45, 2.75) is 31.7 Å². The zero-order valence-corrected chi connectivity index (χ0v) is 7.88. The Morgan fingerprint density at radius 1 is 1.54 bits per heavy atom. The molecule has 0 aliphatic heterocycles. The van der Waals surface area contributed by atoms with Crippen LogP contribution < -0.4 is 11.1 Å². The molecule has 0 saturated heterocycles. The van der Waals surface area contributed by atoms with E-state index in [0.717, 1.165) is 12.8 Å². The Bertz CT molecular complexity index is 212. The normalized spacial score (nSPS) is 18.9. The Balaban J connectivity index is 2.32. The Labute approximate surface area is 77.9 Å². The minimum absolute atomic E-state index is 0.491. The van der Waals surface area contributed by atoms with Crippen molar-refractivity contribution >= 4 is 11.7 Å². The summed E-state index contributed by atoms with van der Waals surface area (Å²) in [6.07, 6.45) is 4.18. The van der Waals surface area contributed by atoms with Gasteiger partial charge in [0.15, 0.2) is 0 Å². The van der Waals surface area contributed by atoms with Crippen LogP contribution in [0.25, 0.3) is 0 Å².